The first-order valence-corrected chi connectivity index (χ1v) is 6.24. The fourth-order valence-electron chi connectivity index (χ4n) is 1.97. The van der Waals surface area contributed by atoms with Gasteiger partial charge in [-0.05, 0) is 29.3 Å². The van der Waals surface area contributed by atoms with E-state index < -0.39 is 6.10 Å². The molecule has 0 fully saturated rings. The number of methoxy groups -OCH3 is 2. The molecule has 1 atom stereocenters. The van der Waals surface area contributed by atoms with Crippen LogP contribution in [0, 0.1) is 0 Å². The molecule has 0 radical (unpaired) electrons. The van der Waals surface area contributed by atoms with Gasteiger partial charge in [0.2, 0.25) is 0 Å². The summed E-state index contributed by atoms with van der Waals surface area (Å²) in [6.45, 7) is 0. The summed E-state index contributed by atoms with van der Waals surface area (Å²) in [5.74, 6) is 1.71. The summed E-state index contributed by atoms with van der Waals surface area (Å²) in [5, 5.41) is 10.3. The van der Waals surface area contributed by atoms with Crippen LogP contribution in [0.15, 0.2) is 36.5 Å². The first-order valence-electron chi connectivity index (χ1n) is 6.24. The van der Waals surface area contributed by atoms with Crippen LogP contribution in [0.4, 0.5) is 5.82 Å². The van der Waals surface area contributed by atoms with Crippen LogP contribution in [-0.4, -0.2) is 24.3 Å². The average Bonchev–Trinajstić information content (AvgIpc) is 2.48. The lowest BCUT2D eigenvalue weighted by molar-refractivity contribution is 0.177. The Hall–Kier alpha value is -2.27. The molecule has 1 aromatic heterocycles. The Morgan fingerprint density at radius 3 is 2.40 bits per heavy atom. The number of ether oxygens (including phenoxy) is 2. The predicted molar refractivity (Wildman–Crippen MR) is 76.9 cm³/mol. The van der Waals surface area contributed by atoms with Gasteiger partial charge in [0.05, 0.1) is 20.3 Å². The van der Waals surface area contributed by atoms with Crippen LogP contribution in [0.2, 0.25) is 0 Å². The van der Waals surface area contributed by atoms with E-state index in [0.717, 1.165) is 5.56 Å². The quantitative estimate of drug-likeness (QED) is 0.871. The van der Waals surface area contributed by atoms with Gasteiger partial charge in [-0.1, -0.05) is 6.07 Å². The third-order valence-electron chi connectivity index (χ3n) is 3.10. The van der Waals surface area contributed by atoms with E-state index in [0.29, 0.717) is 29.3 Å². The maximum atomic E-state index is 10.3. The lowest BCUT2D eigenvalue weighted by Gasteiger charge is -2.14. The number of nitrogen functional groups attached to an aromatic ring is 1. The first-order chi connectivity index (χ1) is 9.63. The van der Waals surface area contributed by atoms with Gasteiger partial charge in [0.1, 0.15) is 17.3 Å². The summed E-state index contributed by atoms with van der Waals surface area (Å²) in [7, 11) is 3.15. The fraction of sp³-hybridized carbons (Fsp3) is 0.267. The van der Waals surface area contributed by atoms with Crippen LogP contribution in [0.1, 0.15) is 17.2 Å². The Kier molecular flexibility index (Phi) is 4.42. The Bertz CT molecular complexity index is 565. The zero-order valence-electron chi connectivity index (χ0n) is 11.5. The second-order valence-corrected chi connectivity index (χ2v) is 4.41. The number of hydrogen-bond acceptors (Lipinski definition) is 5. The van der Waals surface area contributed by atoms with E-state index in [1.54, 1.807) is 44.7 Å². The first kappa shape index (κ1) is 14.1. The van der Waals surface area contributed by atoms with Crippen molar-refractivity contribution < 1.29 is 14.6 Å². The largest absolute Gasteiger partial charge is 0.497 e. The molecule has 1 aromatic carbocycles. The SMILES string of the molecule is COc1cc(OC)cc(C(O)Cc2cccnc2N)c1. The van der Waals surface area contributed by atoms with Crippen molar-refractivity contribution in [2.45, 2.75) is 12.5 Å². The van der Waals surface area contributed by atoms with Crippen molar-refractivity contribution in [3.8, 4) is 11.5 Å². The number of aliphatic hydroxyl groups is 1. The number of benzene rings is 1. The molecule has 0 amide bonds. The van der Waals surface area contributed by atoms with Crippen molar-refractivity contribution in [1.82, 2.24) is 4.98 Å². The molecule has 5 nitrogen and oxygen atoms in total. The van der Waals surface area contributed by atoms with Crippen LogP contribution in [0.3, 0.4) is 0 Å². The molecule has 20 heavy (non-hydrogen) atoms. The summed E-state index contributed by atoms with van der Waals surface area (Å²) in [6, 6.07) is 8.96. The van der Waals surface area contributed by atoms with Gasteiger partial charge in [0.25, 0.3) is 0 Å². The smallest absolute Gasteiger partial charge is 0.126 e. The van der Waals surface area contributed by atoms with E-state index in [-0.39, 0.29) is 0 Å². The monoisotopic (exact) mass is 274 g/mol. The zero-order chi connectivity index (χ0) is 14.5. The summed E-state index contributed by atoms with van der Waals surface area (Å²) in [5.41, 5.74) is 7.31. The van der Waals surface area contributed by atoms with Crippen LogP contribution >= 0.6 is 0 Å². The van der Waals surface area contributed by atoms with Gasteiger partial charge in [-0.2, -0.15) is 0 Å². The fourth-order valence-corrected chi connectivity index (χ4v) is 1.97. The molecule has 0 saturated heterocycles. The minimum atomic E-state index is -0.703. The highest BCUT2D eigenvalue weighted by Crippen LogP contribution is 2.28. The topological polar surface area (TPSA) is 77.6 Å². The Morgan fingerprint density at radius 1 is 1.20 bits per heavy atom. The lowest BCUT2D eigenvalue weighted by atomic mass is 10.0. The zero-order valence-corrected chi connectivity index (χ0v) is 11.5. The van der Waals surface area contributed by atoms with Gasteiger partial charge in [-0.25, -0.2) is 4.98 Å². The highest BCUT2D eigenvalue weighted by atomic mass is 16.5. The van der Waals surface area contributed by atoms with Crippen LogP contribution in [0.5, 0.6) is 11.5 Å². The van der Waals surface area contributed by atoms with Crippen molar-refractivity contribution in [2.75, 3.05) is 20.0 Å². The molecule has 0 aliphatic rings. The molecule has 1 unspecified atom stereocenters. The van der Waals surface area contributed by atoms with Gasteiger partial charge in [0, 0.05) is 18.7 Å². The van der Waals surface area contributed by atoms with Gasteiger partial charge < -0.3 is 20.3 Å². The average molecular weight is 274 g/mol. The van der Waals surface area contributed by atoms with Gasteiger partial charge in [0.15, 0.2) is 0 Å². The second kappa shape index (κ2) is 6.25. The normalized spacial score (nSPS) is 11.9. The number of nitrogens with zero attached hydrogens (tertiary/aromatic N) is 1. The minimum Gasteiger partial charge on any atom is -0.497 e. The summed E-state index contributed by atoms with van der Waals surface area (Å²) >= 11 is 0. The molecular formula is C15H18N2O3. The van der Waals surface area contributed by atoms with Crippen molar-refractivity contribution in [3.63, 3.8) is 0 Å². The van der Waals surface area contributed by atoms with Crippen molar-refractivity contribution in [2.24, 2.45) is 0 Å². The minimum absolute atomic E-state index is 0.385. The number of rotatable bonds is 5. The second-order valence-electron chi connectivity index (χ2n) is 4.41. The van der Waals surface area contributed by atoms with Gasteiger partial charge >= 0.3 is 0 Å². The van der Waals surface area contributed by atoms with E-state index in [1.165, 1.54) is 0 Å². The number of aliphatic hydroxyl groups excluding tert-OH is 1. The number of pyridine rings is 1. The molecule has 0 spiro atoms. The van der Waals surface area contributed by atoms with Crippen LogP contribution in [-0.2, 0) is 6.42 Å². The number of aromatic nitrogens is 1. The molecule has 106 valence electrons. The van der Waals surface area contributed by atoms with Crippen LogP contribution < -0.4 is 15.2 Å². The molecular weight excluding hydrogens is 256 g/mol. The molecule has 0 saturated carbocycles. The van der Waals surface area contributed by atoms with Crippen molar-refractivity contribution in [1.29, 1.82) is 0 Å². The number of anilines is 1. The number of hydrogen-bond donors (Lipinski definition) is 2. The third-order valence-corrected chi connectivity index (χ3v) is 3.10. The molecule has 0 aliphatic heterocycles. The van der Waals surface area contributed by atoms with Gasteiger partial charge in [-0.3, -0.25) is 0 Å². The van der Waals surface area contributed by atoms with Gasteiger partial charge in [-0.15, -0.1) is 0 Å². The molecule has 0 bridgehead atoms. The van der Waals surface area contributed by atoms with E-state index >= 15 is 0 Å². The lowest BCUT2D eigenvalue weighted by Crippen LogP contribution is -2.06. The number of nitrogens with two attached hydrogens (primary N) is 1. The predicted octanol–water partition coefficient (Wildman–Crippen LogP) is 1.96. The Labute approximate surface area is 118 Å². The van der Waals surface area contributed by atoms with E-state index in [2.05, 4.69) is 4.98 Å². The molecule has 2 rings (SSSR count). The van der Waals surface area contributed by atoms with E-state index in [1.807, 2.05) is 6.07 Å². The van der Waals surface area contributed by atoms with Crippen molar-refractivity contribution in [3.05, 3.63) is 47.7 Å². The maximum absolute atomic E-state index is 10.3. The Morgan fingerprint density at radius 2 is 1.85 bits per heavy atom. The summed E-state index contributed by atoms with van der Waals surface area (Å²) in [4.78, 5) is 4.01. The highest BCUT2D eigenvalue weighted by molar-refractivity contribution is 5.42. The molecule has 1 heterocycles. The molecule has 3 N–H and O–H groups in total. The Balaban J connectivity index is 2.24. The van der Waals surface area contributed by atoms with E-state index in [4.69, 9.17) is 15.2 Å². The maximum Gasteiger partial charge on any atom is 0.126 e. The standard InChI is InChI=1S/C15H18N2O3/c1-19-12-6-11(7-13(9-12)20-2)14(18)8-10-4-3-5-17-15(10)16/h3-7,9,14,18H,8H2,1-2H3,(H2,16,17). The molecule has 2 aromatic rings. The summed E-state index contributed by atoms with van der Waals surface area (Å²) < 4.78 is 10.4. The molecule has 0 aliphatic carbocycles. The van der Waals surface area contributed by atoms with Crippen molar-refractivity contribution >= 4 is 5.82 Å². The highest BCUT2D eigenvalue weighted by Gasteiger charge is 2.13. The van der Waals surface area contributed by atoms with E-state index in [9.17, 15) is 5.11 Å². The molecule has 5 heteroatoms. The van der Waals surface area contributed by atoms with Crippen LogP contribution in [0.25, 0.3) is 0 Å². The third kappa shape index (κ3) is 3.19. The summed E-state index contributed by atoms with van der Waals surface area (Å²) in [6.07, 6.45) is 1.31.